The number of hydrogen-bond acceptors (Lipinski definition) is 6. The van der Waals surface area contributed by atoms with E-state index in [1.165, 1.54) is 19.4 Å². The summed E-state index contributed by atoms with van der Waals surface area (Å²) in [7, 11) is -0.533. The summed E-state index contributed by atoms with van der Waals surface area (Å²) >= 11 is 0. The summed E-state index contributed by atoms with van der Waals surface area (Å²) in [5, 5.41) is 3.06. The molecule has 0 fully saturated rings. The van der Waals surface area contributed by atoms with E-state index in [1.54, 1.807) is 38.3 Å². The summed E-state index contributed by atoms with van der Waals surface area (Å²) in [6, 6.07) is 8.16. The molecule has 2 N–H and O–H groups in total. The van der Waals surface area contributed by atoms with E-state index >= 15 is 0 Å². The number of anilines is 2. The molecule has 1 aromatic heterocycles. The highest BCUT2D eigenvalue weighted by Gasteiger charge is 2.17. The summed E-state index contributed by atoms with van der Waals surface area (Å²) in [6.45, 7) is 2.91. The molecule has 0 unspecified atom stereocenters. The first kappa shape index (κ1) is 18.0. The number of nitrogens with one attached hydrogen (secondary N) is 2. The molecule has 7 nitrogen and oxygen atoms in total. The van der Waals surface area contributed by atoms with Gasteiger partial charge < -0.3 is 14.8 Å². The maximum Gasteiger partial charge on any atom is 0.262 e. The molecule has 0 atom stereocenters. The second kappa shape index (κ2) is 7.98. The second-order valence-corrected chi connectivity index (χ2v) is 6.74. The average molecular weight is 351 g/mol. The molecule has 0 saturated heterocycles. The molecule has 0 aliphatic carbocycles. The van der Waals surface area contributed by atoms with Gasteiger partial charge in [-0.25, -0.2) is 13.4 Å². The number of aryl methyl sites for hydroxylation is 1. The van der Waals surface area contributed by atoms with Crippen molar-refractivity contribution in [3.63, 3.8) is 0 Å². The Hall–Kier alpha value is -2.32. The molecule has 0 radical (unpaired) electrons. The molecule has 1 aromatic carbocycles. The quantitative estimate of drug-likeness (QED) is 0.709. The van der Waals surface area contributed by atoms with Crippen molar-refractivity contribution in [2.24, 2.45) is 0 Å². The number of rotatable bonds is 8. The number of hydrogen-bond donors (Lipinski definition) is 2. The van der Waals surface area contributed by atoms with E-state index in [2.05, 4.69) is 15.0 Å². The van der Waals surface area contributed by atoms with E-state index in [4.69, 9.17) is 9.47 Å². The van der Waals surface area contributed by atoms with Crippen LogP contribution in [0.4, 0.5) is 11.5 Å². The minimum atomic E-state index is -3.69. The fraction of sp³-hybridized carbons (Fsp3) is 0.312. The molecule has 24 heavy (non-hydrogen) atoms. The number of nitrogens with zero attached hydrogens (tertiary/aromatic N) is 1. The fourth-order valence-electron chi connectivity index (χ4n) is 2.10. The van der Waals surface area contributed by atoms with Crippen molar-refractivity contribution in [2.45, 2.75) is 11.8 Å². The zero-order valence-electron chi connectivity index (χ0n) is 13.9. The first-order chi connectivity index (χ1) is 11.5. The number of benzene rings is 1. The Balaban J connectivity index is 2.11. The summed E-state index contributed by atoms with van der Waals surface area (Å²) in [6.07, 6.45) is 1.46. The topological polar surface area (TPSA) is 89.6 Å². The zero-order chi connectivity index (χ0) is 17.6. The Labute approximate surface area is 142 Å². The summed E-state index contributed by atoms with van der Waals surface area (Å²) in [5.74, 6) is 1.26. The number of pyridine rings is 1. The van der Waals surface area contributed by atoms with E-state index in [0.29, 0.717) is 36.0 Å². The van der Waals surface area contributed by atoms with Gasteiger partial charge in [0.1, 0.15) is 11.6 Å². The van der Waals surface area contributed by atoms with Gasteiger partial charge in [0.25, 0.3) is 10.0 Å². The monoisotopic (exact) mass is 351 g/mol. The summed E-state index contributed by atoms with van der Waals surface area (Å²) in [5.41, 5.74) is 0.996. The molecule has 0 saturated carbocycles. The minimum absolute atomic E-state index is 0.200. The third-order valence-electron chi connectivity index (χ3n) is 3.30. The Bertz CT molecular complexity index is 776. The first-order valence-corrected chi connectivity index (χ1v) is 8.81. The lowest BCUT2D eigenvalue weighted by molar-refractivity contribution is 0.210. The van der Waals surface area contributed by atoms with E-state index in [9.17, 15) is 8.42 Å². The molecule has 0 aliphatic heterocycles. The molecule has 2 rings (SSSR count). The van der Waals surface area contributed by atoms with Gasteiger partial charge in [0.05, 0.1) is 30.5 Å². The van der Waals surface area contributed by atoms with Gasteiger partial charge in [-0.3, -0.25) is 4.72 Å². The van der Waals surface area contributed by atoms with Crippen LogP contribution in [0.5, 0.6) is 5.75 Å². The van der Waals surface area contributed by atoms with Crippen LogP contribution in [0.3, 0.4) is 0 Å². The molecule has 1 heterocycles. The van der Waals surface area contributed by atoms with Gasteiger partial charge in [-0.2, -0.15) is 0 Å². The van der Waals surface area contributed by atoms with Crippen LogP contribution in [0.15, 0.2) is 41.4 Å². The molecule has 130 valence electrons. The highest BCUT2D eigenvalue weighted by molar-refractivity contribution is 7.92. The van der Waals surface area contributed by atoms with Crippen molar-refractivity contribution >= 4 is 21.5 Å². The molecule has 0 amide bonds. The van der Waals surface area contributed by atoms with Crippen molar-refractivity contribution in [3.8, 4) is 5.75 Å². The molecular weight excluding hydrogens is 330 g/mol. The zero-order valence-corrected chi connectivity index (χ0v) is 14.7. The molecular formula is C16H21N3O4S. The molecule has 8 heteroatoms. The lowest BCUT2D eigenvalue weighted by Gasteiger charge is -2.12. The summed E-state index contributed by atoms with van der Waals surface area (Å²) < 4.78 is 37.6. The van der Waals surface area contributed by atoms with Crippen LogP contribution in [0.2, 0.25) is 0 Å². The Kier molecular flexibility index (Phi) is 5.99. The smallest absolute Gasteiger partial charge is 0.262 e. The standard InChI is InChI=1S/C16H21N3O4S/c1-12-10-14(23-3)5-6-15(12)24(20,21)19-13-4-7-16(18-11-13)17-8-9-22-2/h4-7,10-11,19H,8-9H2,1-3H3,(H,17,18). The van der Waals surface area contributed by atoms with E-state index in [-0.39, 0.29) is 4.90 Å². The van der Waals surface area contributed by atoms with Crippen LogP contribution in [0, 0.1) is 6.92 Å². The largest absolute Gasteiger partial charge is 0.497 e. The van der Waals surface area contributed by atoms with Crippen molar-refractivity contribution in [3.05, 3.63) is 42.1 Å². The molecule has 2 aromatic rings. The van der Waals surface area contributed by atoms with Gasteiger partial charge in [0.2, 0.25) is 0 Å². The highest BCUT2D eigenvalue weighted by atomic mass is 32.2. The van der Waals surface area contributed by atoms with Crippen LogP contribution in [0.25, 0.3) is 0 Å². The Morgan fingerprint density at radius 2 is 1.96 bits per heavy atom. The minimum Gasteiger partial charge on any atom is -0.497 e. The van der Waals surface area contributed by atoms with E-state index in [1.807, 2.05) is 0 Å². The SMILES string of the molecule is COCCNc1ccc(NS(=O)(=O)c2ccc(OC)cc2C)cn1. The normalized spacial score (nSPS) is 11.1. The van der Waals surface area contributed by atoms with Gasteiger partial charge in [-0.15, -0.1) is 0 Å². The number of sulfonamides is 1. The van der Waals surface area contributed by atoms with Crippen molar-refractivity contribution in [1.82, 2.24) is 4.98 Å². The molecule has 0 spiro atoms. The Morgan fingerprint density at radius 1 is 1.17 bits per heavy atom. The third kappa shape index (κ3) is 4.59. The van der Waals surface area contributed by atoms with Crippen LogP contribution in [0.1, 0.15) is 5.56 Å². The number of methoxy groups -OCH3 is 2. The molecule has 0 bridgehead atoms. The fourth-order valence-corrected chi connectivity index (χ4v) is 3.37. The van der Waals surface area contributed by atoms with Crippen molar-refractivity contribution < 1.29 is 17.9 Å². The highest BCUT2D eigenvalue weighted by Crippen LogP contribution is 2.23. The van der Waals surface area contributed by atoms with E-state index in [0.717, 1.165) is 0 Å². The van der Waals surface area contributed by atoms with Crippen molar-refractivity contribution in [2.75, 3.05) is 37.4 Å². The maximum atomic E-state index is 12.5. The summed E-state index contributed by atoms with van der Waals surface area (Å²) in [4.78, 5) is 4.36. The predicted molar refractivity (Wildman–Crippen MR) is 93.1 cm³/mol. The number of ether oxygens (including phenoxy) is 2. The van der Waals surface area contributed by atoms with Crippen LogP contribution < -0.4 is 14.8 Å². The predicted octanol–water partition coefficient (Wildman–Crippen LogP) is 2.26. The lowest BCUT2D eigenvalue weighted by atomic mass is 10.2. The van der Waals surface area contributed by atoms with E-state index < -0.39 is 10.0 Å². The number of aromatic nitrogens is 1. The van der Waals surface area contributed by atoms with Gasteiger partial charge in [0, 0.05) is 13.7 Å². The Morgan fingerprint density at radius 3 is 2.54 bits per heavy atom. The maximum absolute atomic E-state index is 12.5. The average Bonchev–Trinajstić information content (AvgIpc) is 2.56. The third-order valence-corrected chi connectivity index (χ3v) is 4.84. The lowest BCUT2D eigenvalue weighted by Crippen LogP contribution is -2.15. The first-order valence-electron chi connectivity index (χ1n) is 7.32. The van der Waals surface area contributed by atoms with Crippen molar-refractivity contribution in [1.29, 1.82) is 0 Å². The van der Waals surface area contributed by atoms with Gasteiger partial charge >= 0.3 is 0 Å². The van der Waals surface area contributed by atoms with Crippen LogP contribution >= 0.6 is 0 Å². The van der Waals surface area contributed by atoms with Crippen LogP contribution in [-0.2, 0) is 14.8 Å². The van der Waals surface area contributed by atoms with Gasteiger partial charge in [-0.05, 0) is 42.8 Å². The second-order valence-electron chi connectivity index (χ2n) is 5.09. The van der Waals surface area contributed by atoms with Gasteiger partial charge in [0.15, 0.2) is 0 Å². The molecule has 0 aliphatic rings. The van der Waals surface area contributed by atoms with Gasteiger partial charge in [-0.1, -0.05) is 0 Å². The van der Waals surface area contributed by atoms with Crippen LogP contribution in [-0.4, -0.2) is 40.8 Å².